The second-order valence-electron chi connectivity index (χ2n) is 9.99. The molecule has 1 heterocycles. The molecule has 0 saturated carbocycles. The van der Waals surface area contributed by atoms with Crippen molar-refractivity contribution < 1.29 is 18.0 Å². The summed E-state index contributed by atoms with van der Waals surface area (Å²) in [4.78, 5) is 26.4. The lowest BCUT2D eigenvalue weighted by Gasteiger charge is -2.22. The van der Waals surface area contributed by atoms with Crippen molar-refractivity contribution in [2.45, 2.75) is 115 Å². The number of hydrogen-bond donors (Lipinski definition) is 1. The molecule has 1 fully saturated rings. The van der Waals surface area contributed by atoms with E-state index in [2.05, 4.69) is 12.2 Å². The number of benzene rings is 1. The number of unbranched alkanes of at least 4 members (excludes halogenated alkanes) is 15. The van der Waals surface area contributed by atoms with E-state index in [0.717, 1.165) is 30.2 Å². The summed E-state index contributed by atoms with van der Waals surface area (Å²) in [6, 6.07) is 9.20. The number of thioether (sulfide) groups is 1. The molecule has 1 aliphatic rings. The molecule has 0 bridgehead atoms. The Hall–Kier alpha value is -1.80. The van der Waals surface area contributed by atoms with Gasteiger partial charge in [-0.25, -0.2) is 0 Å². The van der Waals surface area contributed by atoms with Gasteiger partial charge in [0, 0.05) is 6.54 Å². The van der Waals surface area contributed by atoms with Crippen molar-refractivity contribution in [3.8, 4) is 0 Å². The van der Waals surface area contributed by atoms with E-state index < -0.39 is 21.6 Å². The highest BCUT2D eigenvalue weighted by Crippen LogP contribution is 2.39. The quantitative estimate of drug-likeness (QED) is 0.145. The number of amides is 2. The Kier molecular flexibility index (Phi) is 16.4. The van der Waals surface area contributed by atoms with Crippen molar-refractivity contribution in [2.75, 3.05) is 13.1 Å². The Morgan fingerprint density at radius 3 is 1.78 bits per heavy atom. The summed E-state index contributed by atoms with van der Waals surface area (Å²) in [5, 5.41) is 2.38. The van der Waals surface area contributed by atoms with Gasteiger partial charge < -0.3 is 10.2 Å². The van der Waals surface area contributed by atoms with Gasteiger partial charge in [-0.1, -0.05) is 145 Å². The Morgan fingerprint density at radius 1 is 0.811 bits per heavy atom. The van der Waals surface area contributed by atoms with Gasteiger partial charge in [-0.2, -0.15) is 8.42 Å². The van der Waals surface area contributed by atoms with E-state index >= 15 is 0 Å². The number of nitrogens with zero attached hydrogens (tertiary/aromatic N) is 1. The molecule has 2 amide bonds. The summed E-state index contributed by atoms with van der Waals surface area (Å²) in [5.74, 6) is -0.862. The summed E-state index contributed by atoms with van der Waals surface area (Å²) >= 11 is 0.981. The molecule has 1 N–H and O–H groups in total. The third-order valence-corrected chi connectivity index (χ3v) is 9.15. The topological polar surface area (TPSA) is 83.6 Å². The van der Waals surface area contributed by atoms with Gasteiger partial charge in [0.05, 0.1) is 0 Å². The molecule has 37 heavy (non-hydrogen) atoms. The van der Waals surface area contributed by atoms with Gasteiger partial charge in [0.1, 0.15) is 11.9 Å². The molecule has 0 spiro atoms. The minimum absolute atomic E-state index is 0.148. The maximum atomic E-state index is 12.6. The van der Waals surface area contributed by atoms with Crippen LogP contribution in [0.5, 0.6) is 0 Å². The van der Waals surface area contributed by atoms with Gasteiger partial charge in [-0.15, -0.1) is 0 Å². The van der Waals surface area contributed by atoms with Crippen molar-refractivity contribution in [1.82, 2.24) is 10.2 Å². The predicted molar refractivity (Wildman–Crippen MR) is 155 cm³/mol. The fourth-order valence-corrected chi connectivity index (χ4v) is 6.54. The lowest BCUT2D eigenvalue weighted by molar-refractivity contribution is -0.131. The summed E-state index contributed by atoms with van der Waals surface area (Å²) < 4.78 is 22.7. The van der Waals surface area contributed by atoms with Gasteiger partial charge in [-0.3, -0.25) is 9.59 Å². The maximum Gasteiger partial charge on any atom is 0.277 e. The van der Waals surface area contributed by atoms with Crippen LogP contribution in [0.2, 0.25) is 0 Å². The molecular weight excluding hydrogens is 504 g/mol. The van der Waals surface area contributed by atoms with Gasteiger partial charge in [-0.05, 0) is 12.0 Å². The second-order valence-corrected chi connectivity index (χ2v) is 12.2. The lowest BCUT2D eigenvalue weighted by atomic mass is 10.0. The van der Waals surface area contributed by atoms with Gasteiger partial charge in [0.2, 0.25) is 16.2 Å². The van der Waals surface area contributed by atoms with E-state index in [9.17, 15) is 18.0 Å². The van der Waals surface area contributed by atoms with E-state index in [-0.39, 0.29) is 16.6 Å². The zero-order valence-corrected chi connectivity index (χ0v) is 24.2. The standard InChI is InChI=1S/C29H46N2O4S2/c1-2-3-4-5-6-7-8-9-10-11-12-13-14-15-16-20-23-30-26(32)24-31-27(33)29(37(34)35)36-28(31)25-21-18-17-19-22-25/h17-19,21-22,28H,2-16,20,23-24H2,1H3,(H,30,32). The fraction of sp³-hybridized carbons (Fsp3) is 0.690. The minimum atomic E-state index is -2.61. The summed E-state index contributed by atoms with van der Waals surface area (Å²) in [5.41, 5.74) is 0.798. The number of rotatable bonds is 20. The maximum absolute atomic E-state index is 12.6. The first-order valence-electron chi connectivity index (χ1n) is 14.3. The predicted octanol–water partition coefficient (Wildman–Crippen LogP) is 6.65. The van der Waals surface area contributed by atoms with Crippen LogP contribution in [0.4, 0.5) is 0 Å². The van der Waals surface area contributed by atoms with Crippen molar-refractivity contribution in [2.24, 2.45) is 0 Å². The molecule has 1 saturated heterocycles. The van der Waals surface area contributed by atoms with Crippen LogP contribution in [0.15, 0.2) is 30.3 Å². The first-order valence-corrected chi connectivity index (χ1v) is 16.3. The lowest BCUT2D eigenvalue weighted by Crippen LogP contribution is -2.40. The molecule has 0 aromatic heterocycles. The molecule has 0 aliphatic carbocycles. The van der Waals surface area contributed by atoms with Crippen LogP contribution < -0.4 is 5.32 Å². The summed E-state index contributed by atoms with van der Waals surface area (Å²) in [6.07, 6.45) is 20.9. The molecule has 0 radical (unpaired) electrons. The van der Waals surface area contributed by atoms with Gasteiger partial charge in [0.15, 0.2) is 4.20 Å². The van der Waals surface area contributed by atoms with E-state index in [4.69, 9.17) is 0 Å². The van der Waals surface area contributed by atoms with Crippen LogP contribution in [-0.4, -0.2) is 42.4 Å². The van der Waals surface area contributed by atoms with Crippen LogP contribution in [-0.2, 0) is 19.9 Å². The largest absolute Gasteiger partial charge is 0.355 e. The average molecular weight is 551 g/mol. The highest BCUT2D eigenvalue weighted by molar-refractivity contribution is 8.24. The summed E-state index contributed by atoms with van der Waals surface area (Å²) in [6.45, 7) is 2.69. The third-order valence-electron chi connectivity index (χ3n) is 6.84. The SMILES string of the molecule is CCCCCCCCCCCCCCCCCCNC(=O)CN1C(=O)C(=S(=O)=O)SC1c1ccccc1. The van der Waals surface area contributed by atoms with E-state index in [1.54, 1.807) is 0 Å². The molecule has 8 heteroatoms. The molecule has 2 rings (SSSR count). The van der Waals surface area contributed by atoms with Gasteiger partial charge >= 0.3 is 0 Å². The highest BCUT2D eigenvalue weighted by Gasteiger charge is 2.40. The first kappa shape index (κ1) is 31.4. The second kappa shape index (κ2) is 19.3. The Bertz CT molecular complexity index is 926. The van der Waals surface area contributed by atoms with Crippen LogP contribution in [0, 0.1) is 0 Å². The van der Waals surface area contributed by atoms with Crippen LogP contribution >= 0.6 is 11.8 Å². The van der Waals surface area contributed by atoms with Crippen LogP contribution in [0.3, 0.4) is 0 Å². The van der Waals surface area contributed by atoms with Crippen molar-refractivity contribution in [3.05, 3.63) is 35.9 Å². The molecule has 1 aromatic rings. The minimum Gasteiger partial charge on any atom is -0.355 e. The Morgan fingerprint density at radius 2 is 1.30 bits per heavy atom. The summed E-state index contributed by atoms with van der Waals surface area (Å²) in [7, 11) is -2.61. The monoisotopic (exact) mass is 550 g/mol. The third kappa shape index (κ3) is 12.5. The molecule has 6 nitrogen and oxygen atoms in total. The number of nitrogens with one attached hydrogen (secondary N) is 1. The smallest absolute Gasteiger partial charge is 0.277 e. The van der Waals surface area contributed by atoms with Crippen molar-refractivity contribution >= 4 is 38.1 Å². The van der Waals surface area contributed by atoms with Crippen LogP contribution in [0.1, 0.15) is 121 Å². The van der Waals surface area contributed by atoms with Crippen LogP contribution in [0.25, 0.3) is 0 Å². The number of hydrogen-bond acceptors (Lipinski definition) is 5. The number of carbonyl (C=O) groups is 2. The molecule has 1 unspecified atom stereocenters. The van der Waals surface area contributed by atoms with Crippen molar-refractivity contribution in [3.63, 3.8) is 0 Å². The molecule has 1 aromatic carbocycles. The molecule has 208 valence electrons. The molecule has 1 aliphatic heterocycles. The average Bonchev–Trinajstić information content (AvgIpc) is 3.22. The highest BCUT2D eigenvalue weighted by atomic mass is 32.2. The Labute approximate surface area is 229 Å². The normalized spacial score (nSPS) is 15.4. The van der Waals surface area contributed by atoms with Crippen molar-refractivity contribution in [1.29, 1.82) is 0 Å². The first-order chi connectivity index (χ1) is 18.0. The zero-order valence-electron chi connectivity index (χ0n) is 22.6. The Balaban J connectivity index is 1.51. The zero-order chi connectivity index (χ0) is 26.7. The van der Waals surface area contributed by atoms with E-state index in [1.165, 1.54) is 94.8 Å². The fourth-order valence-electron chi connectivity index (χ4n) is 4.68. The number of carbonyl (C=O) groups excluding carboxylic acids is 2. The van der Waals surface area contributed by atoms with E-state index in [1.807, 2.05) is 30.3 Å². The van der Waals surface area contributed by atoms with E-state index in [0.29, 0.717) is 6.54 Å². The van der Waals surface area contributed by atoms with Gasteiger partial charge in [0.25, 0.3) is 5.91 Å². The molecular formula is C29H46N2O4S2. The molecule has 1 atom stereocenters.